The average Bonchev–Trinajstić information content (AvgIpc) is 3.13. The Morgan fingerprint density at radius 2 is 1.54 bits per heavy atom. The van der Waals surface area contributed by atoms with Crippen LogP contribution >= 0.6 is 0 Å². The number of amides is 5. The zero-order valence-electron chi connectivity index (χ0n) is 32.5. The zero-order valence-corrected chi connectivity index (χ0v) is 32.5. The molecule has 3 fully saturated rings. The molecule has 15 nitrogen and oxygen atoms in total. The van der Waals surface area contributed by atoms with E-state index in [-0.39, 0.29) is 37.4 Å². The maximum Gasteiger partial charge on any atom is 0.245 e. The Bertz CT molecular complexity index is 1150. The lowest BCUT2D eigenvalue weighted by Gasteiger charge is -2.37. The maximum absolute atomic E-state index is 14.2. The lowest BCUT2D eigenvalue weighted by Crippen LogP contribution is -2.64. The van der Waals surface area contributed by atoms with Gasteiger partial charge >= 0.3 is 0 Å². The fourth-order valence-corrected chi connectivity index (χ4v) is 7.63. The third-order valence-corrected chi connectivity index (χ3v) is 10.9. The highest BCUT2D eigenvalue weighted by Crippen LogP contribution is 2.27. The maximum atomic E-state index is 14.2. The van der Waals surface area contributed by atoms with Crippen molar-refractivity contribution >= 4 is 29.5 Å². The van der Waals surface area contributed by atoms with Crippen LogP contribution in [-0.2, 0) is 24.0 Å². The molecule has 2 saturated heterocycles. The zero-order chi connectivity index (χ0) is 38.2. The van der Waals surface area contributed by atoms with E-state index in [0.717, 1.165) is 70.9 Å². The SMILES string of the molecule is CCCCCCN1CCNC(=O)[C@H](C(O)CN2CCNCC2)NC(=O)[C@H](CN)NC(=O)C(C2CCCCC2)NC(=O)[C@H](CC(C)C)N(C)C(=O)[C@@H]1C. The number of hydrogen-bond donors (Lipinski definition) is 7. The second-order valence-electron chi connectivity index (χ2n) is 15.4. The van der Waals surface area contributed by atoms with E-state index in [1.54, 1.807) is 7.05 Å². The first kappa shape index (κ1) is 43.6. The van der Waals surface area contributed by atoms with Crippen molar-refractivity contribution in [2.75, 3.05) is 66.0 Å². The summed E-state index contributed by atoms with van der Waals surface area (Å²) in [4.78, 5) is 75.4. The fourth-order valence-electron chi connectivity index (χ4n) is 7.63. The summed E-state index contributed by atoms with van der Waals surface area (Å²) in [6.07, 6.45) is 7.45. The third-order valence-electron chi connectivity index (χ3n) is 10.9. The van der Waals surface area contributed by atoms with Gasteiger partial charge in [-0.3, -0.25) is 33.8 Å². The van der Waals surface area contributed by atoms with Crippen LogP contribution < -0.4 is 32.3 Å². The molecule has 0 aromatic carbocycles. The first-order valence-corrected chi connectivity index (χ1v) is 19.9. The second kappa shape index (κ2) is 22.4. The number of rotatable bonds is 12. The first-order valence-electron chi connectivity index (χ1n) is 19.9. The minimum Gasteiger partial charge on any atom is -0.389 e. The highest BCUT2D eigenvalue weighted by Gasteiger charge is 2.39. The number of β-amino-alcohol motifs (C(OH)–C–C–N with tert-alkyl or cyclic N) is 1. The summed E-state index contributed by atoms with van der Waals surface area (Å²) >= 11 is 0. The van der Waals surface area contributed by atoms with Crippen molar-refractivity contribution in [1.29, 1.82) is 0 Å². The van der Waals surface area contributed by atoms with Crippen molar-refractivity contribution < 1.29 is 29.1 Å². The van der Waals surface area contributed by atoms with Crippen LogP contribution in [0.2, 0.25) is 0 Å². The summed E-state index contributed by atoms with van der Waals surface area (Å²) in [6, 6.07) is -4.90. The molecule has 6 atom stereocenters. The Morgan fingerprint density at radius 3 is 2.17 bits per heavy atom. The van der Waals surface area contributed by atoms with Gasteiger partial charge in [0.05, 0.1) is 12.1 Å². The van der Waals surface area contributed by atoms with E-state index >= 15 is 0 Å². The number of aliphatic hydroxyl groups is 1. The highest BCUT2D eigenvalue weighted by atomic mass is 16.3. The highest BCUT2D eigenvalue weighted by molar-refractivity contribution is 5.96. The number of aliphatic hydroxyl groups excluding tert-OH is 1. The minimum atomic E-state index is -1.32. The Balaban J connectivity index is 1.99. The number of nitrogens with one attached hydrogen (secondary N) is 5. The molecule has 0 aromatic heterocycles. The summed E-state index contributed by atoms with van der Waals surface area (Å²) in [5.41, 5.74) is 6.04. The largest absolute Gasteiger partial charge is 0.389 e. The Kier molecular flexibility index (Phi) is 18.7. The predicted octanol–water partition coefficient (Wildman–Crippen LogP) is -0.480. The fraction of sp³-hybridized carbons (Fsp3) is 0.865. The standard InChI is InChI=1S/C37H69N9O6/c1-6-7-8-12-18-46-21-17-40-35(50)32(30(47)24-45-19-15-39-16-20-45)43-33(48)28(23-38)41-36(51)31(27-13-10-9-11-14-27)42-34(49)29(22-25(2)3)44(5)37(52)26(46)4/h25-32,39,47H,6-24,38H2,1-5H3,(H,40,50)(H,41,51)(H,42,49)(H,43,48)/t26-,28-,29-,30?,31?,32-/m0/s1. The number of hydrogen-bond acceptors (Lipinski definition) is 10. The van der Waals surface area contributed by atoms with Crippen LogP contribution in [0.15, 0.2) is 0 Å². The van der Waals surface area contributed by atoms with Crippen molar-refractivity contribution in [2.45, 2.75) is 128 Å². The monoisotopic (exact) mass is 736 g/mol. The molecule has 0 aromatic rings. The smallest absolute Gasteiger partial charge is 0.245 e. The Hall–Kier alpha value is -2.85. The van der Waals surface area contributed by atoms with Gasteiger partial charge in [0, 0.05) is 59.4 Å². The molecule has 0 spiro atoms. The van der Waals surface area contributed by atoms with Crippen molar-refractivity contribution in [3.05, 3.63) is 0 Å². The van der Waals surface area contributed by atoms with Crippen LogP contribution in [0.1, 0.15) is 91.9 Å². The van der Waals surface area contributed by atoms with E-state index in [9.17, 15) is 29.1 Å². The van der Waals surface area contributed by atoms with Crippen LogP contribution in [0.4, 0.5) is 0 Å². The van der Waals surface area contributed by atoms with Gasteiger partial charge in [-0.15, -0.1) is 0 Å². The van der Waals surface area contributed by atoms with Gasteiger partial charge in [0.1, 0.15) is 24.2 Å². The molecular formula is C37H69N9O6. The summed E-state index contributed by atoms with van der Waals surface area (Å²) < 4.78 is 0. The van der Waals surface area contributed by atoms with Crippen LogP contribution in [0.3, 0.4) is 0 Å². The quantitative estimate of drug-likeness (QED) is 0.129. The molecule has 15 heteroatoms. The molecule has 298 valence electrons. The molecule has 5 amide bonds. The summed E-state index contributed by atoms with van der Waals surface area (Å²) in [6.45, 7) is 11.8. The van der Waals surface area contributed by atoms with Gasteiger partial charge in [0.15, 0.2) is 0 Å². The Labute approximate surface area is 311 Å². The van der Waals surface area contributed by atoms with E-state index < -0.39 is 59.9 Å². The Morgan fingerprint density at radius 1 is 0.846 bits per heavy atom. The number of nitrogens with zero attached hydrogens (tertiary/aromatic N) is 3. The molecule has 52 heavy (non-hydrogen) atoms. The van der Waals surface area contributed by atoms with E-state index in [1.807, 2.05) is 30.6 Å². The number of carbonyl (C=O) groups is 5. The van der Waals surface area contributed by atoms with Gasteiger partial charge in [0.25, 0.3) is 0 Å². The van der Waals surface area contributed by atoms with Crippen molar-refractivity contribution in [1.82, 2.24) is 41.3 Å². The first-order chi connectivity index (χ1) is 24.9. The number of nitrogens with two attached hydrogens (primary N) is 1. The van der Waals surface area contributed by atoms with E-state index in [1.165, 1.54) is 4.90 Å². The third kappa shape index (κ3) is 13.2. The number of likely N-dealkylation sites (N-methyl/N-ethyl adjacent to an activating group) is 1. The van der Waals surface area contributed by atoms with Crippen LogP contribution in [0.5, 0.6) is 0 Å². The summed E-state index contributed by atoms with van der Waals surface area (Å²) in [5.74, 6) is -2.51. The molecule has 0 radical (unpaired) electrons. The van der Waals surface area contributed by atoms with Gasteiger partial charge in [0.2, 0.25) is 29.5 Å². The van der Waals surface area contributed by atoms with E-state index in [2.05, 4.69) is 33.5 Å². The lowest BCUT2D eigenvalue weighted by atomic mass is 9.83. The van der Waals surface area contributed by atoms with Crippen molar-refractivity contribution in [3.63, 3.8) is 0 Å². The number of carbonyl (C=O) groups excluding carboxylic acids is 5. The lowest BCUT2D eigenvalue weighted by molar-refractivity contribution is -0.144. The number of unbranched alkanes of at least 4 members (excludes halogenated alkanes) is 3. The van der Waals surface area contributed by atoms with Crippen LogP contribution in [0.25, 0.3) is 0 Å². The molecule has 3 aliphatic rings. The molecule has 8 N–H and O–H groups in total. The second-order valence-corrected chi connectivity index (χ2v) is 15.4. The molecule has 2 unspecified atom stereocenters. The predicted molar refractivity (Wildman–Crippen MR) is 201 cm³/mol. The molecule has 0 bridgehead atoms. The van der Waals surface area contributed by atoms with Gasteiger partial charge in [-0.05, 0) is 51.0 Å². The topological polar surface area (TPSA) is 201 Å². The normalized spacial score (nSPS) is 28.4. The van der Waals surface area contributed by atoms with E-state index in [0.29, 0.717) is 32.6 Å². The summed E-state index contributed by atoms with van der Waals surface area (Å²) in [7, 11) is 1.65. The molecule has 1 aliphatic carbocycles. The molecule has 2 aliphatic heterocycles. The van der Waals surface area contributed by atoms with Gasteiger partial charge in [-0.2, -0.15) is 0 Å². The van der Waals surface area contributed by atoms with E-state index in [4.69, 9.17) is 5.73 Å². The number of piperazine rings is 1. The van der Waals surface area contributed by atoms with Crippen molar-refractivity contribution in [2.24, 2.45) is 17.6 Å². The molecule has 1 saturated carbocycles. The van der Waals surface area contributed by atoms with Gasteiger partial charge < -0.3 is 42.3 Å². The van der Waals surface area contributed by atoms with Crippen LogP contribution in [0, 0.1) is 11.8 Å². The van der Waals surface area contributed by atoms with Crippen LogP contribution in [-0.4, -0.2) is 152 Å². The van der Waals surface area contributed by atoms with Crippen molar-refractivity contribution in [3.8, 4) is 0 Å². The molecule has 2 heterocycles. The minimum absolute atomic E-state index is 0.0849. The molecular weight excluding hydrogens is 666 g/mol. The average molecular weight is 736 g/mol. The molecule has 3 rings (SSSR count). The van der Waals surface area contributed by atoms with Gasteiger partial charge in [-0.25, -0.2) is 0 Å². The summed E-state index contributed by atoms with van der Waals surface area (Å²) in [5, 5.41) is 26.0. The van der Waals surface area contributed by atoms with Gasteiger partial charge in [-0.1, -0.05) is 59.3 Å².